The molecule has 1 saturated heterocycles. The lowest BCUT2D eigenvalue weighted by Crippen LogP contribution is -2.25. The molecule has 0 aromatic carbocycles. The summed E-state index contributed by atoms with van der Waals surface area (Å²) < 4.78 is 5.57. The molecule has 1 fully saturated rings. The number of rotatable bonds is 5. The Bertz CT molecular complexity index is 292. The predicted molar refractivity (Wildman–Crippen MR) is 64.4 cm³/mol. The van der Waals surface area contributed by atoms with Crippen LogP contribution in [0.25, 0.3) is 0 Å². The average Bonchev–Trinajstić information content (AvgIpc) is 2.88. The summed E-state index contributed by atoms with van der Waals surface area (Å²) in [5.41, 5.74) is 1.49. The van der Waals surface area contributed by atoms with Gasteiger partial charge < -0.3 is 10.1 Å². The van der Waals surface area contributed by atoms with Crippen molar-refractivity contribution in [2.24, 2.45) is 0 Å². The van der Waals surface area contributed by atoms with E-state index in [1.165, 1.54) is 23.3 Å². The molecular formula is C12H19NOS. The molecule has 2 rings (SSSR count). The lowest BCUT2D eigenvalue weighted by Gasteiger charge is -2.10. The van der Waals surface area contributed by atoms with E-state index >= 15 is 0 Å². The van der Waals surface area contributed by atoms with Crippen LogP contribution in [0.5, 0.6) is 0 Å². The van der Waals surface area contributed by atoms with Gasteiger partial charge in [-0.3, -0.25) is 0 Å². The van der Waals surface area contributed by atoms with Gasteiger partial charge in [-0.2, -0.15) is 0 Å². The Morgan fingerprint density at radius 3 is 3.27 bits per heavy atom. The molecule has 1 N–H and O–H groups in total. The fourth-order valence-electron chi connectivity index (χ4n) is 1.99. The van der Waals surface area contributed by atoms with E-state index in [1.54, 1.807) is 0 Å². The number of ether oxygens (including phenoxy) is 1. The maximum Gasteiger partial charge on any atom is 0.0700 e. The number of hydrogen-bond acceptors (Lipinski definition) is 3. The lowest BCUT2D eigenvalue weighted by atomic mass is 10.2. The highest BCUT2D eigenvalue weighted by molar-refractivity contribution is 7.10. The van der Waals surface area contributed by atoms with Crippen LogP contribution in [0.2, 0.25) is 0 Å². The molecule has 0 amide bonds. The van der Waals surface area contributed by atoms with Crippen LogP contribution >= 0.6 is 11.3 Å². The molecule has 1 aromatic heterocycles. The van der Waals surface area contributed by atoms with Gasteiger partial charge in [0.1, 0.15) is 0 Å². The molecule has 15 heavy (non-hydrogen) atoms. The monoisotopic (exact) mass is 225 g/mol. The summed E-state index contributed by atoms with van der Waals surface area (Å²) in [6, 6.07) is 2.23. The van der Waals surface area contributed by atoms with E-state index in [4.69, 9.17) is 4.74 Å². The van der Waals surface area contributed by atoms with Crippen molar-refractivity contribution in [1.29, 1.82) is 0 Å². The van der Waals surface area contributed by atoms with Gasteiger partial charge in [-0.25, -0.2) is 0 Å². The average molecular weight is 225 g/mol. The Morgan fingerprint density at radius 2 is 2.53 bits per heavy atom. The highest BCUT2D eigenvalue weighted by atomic mass is 32.1. The minimum absolute atomic E-state index is 0.454. The smallest absolute Gasteiger partial charge is 0.0700 e. The molecule has 3 heteroatoms. The highest BCUT2D eigenvalue weighted by Gasteiger charge is 2.14. The van der Waals surface area contributed by atoms with Crippen molar-refractivity contribution in [2.45, 2.75) is 38.8 Å². The summed E-state index contributed by atoms with van der Waals surface area (Å²) in [6.07, 6.45) is 4.04. The van der Waals surface area contributed by atoms with Crippen LogP contribution in [-0.2, 0) is 17.7 Å². The van der Waals surface area contributed by atoms with Crippen molar-refractivity contribution in [3.8, 4) is 0 Å². The van der Waals surface area contributed by atoms with Gasteiger partial charge in [0.05, 0.1) is 6.10 Å². The first-order chi connectivity index (χ1) is 7.40. The molecule has 1 aliphatic rings. The number of aryl methyl sites for hydroxylation is 1. The summed E-state index contributed by atoms with van der Waals surface area (Å²) in [6.45, 7) is 5.17. The van der Waals surface area contributed by atoms with Crippen LogP contribution in [0.15, 0.2) is 11.4 Å². The van der Waals surface area contributed by atoms with Crippen LogP contribution in [0, 0.1) is 0 Å². The molecule has 0 saturated carbocycles. The number of thiophene rings is 1. The topological polar surface area (TPSA) is 21.3 Å². The molecule has 0 bridgehead atoms. The molecule has 0 radical (unpaired) electrons. The van der Waals surface area contributed by atoms with E-state index in [9.17, 15) is 0 Å². The highest BCUT2D eigenvalue weighted by Crippen LogP contribution is 2.17. The third kappa shape index (κ3) is 3.03. The second-order valence-corrected chi connectivity index (χ2v) is 4.99. The standard InChI is InChI=1S/C12H19NOS/c1-2-10-5-7-15-12(10)9-13-8-11-4-3-6-14-11/h5,7,11,13H,2-4,6,8-9H2,1H3. The SMILES string of the molecule is CCc1ccsc1CNCC1CCCO1. The lowest BCUT2D eigenvalue weighted by molar-refractivity contribution is 0.110. The summed E-state index contributed by atoms with van der Waals surface area (Å²) in [5, 5.41) is 5.67. The Kier molecular flexibility index (Phi) is 4.18. The minimum atomic E-state index is 0.454. The molecule has 1 aliphatic heterocycles. The van der Waals surface area contributed by atoms with Crippen molar-refractivity contribution < 1.29 is 4.74 Å². The van der Waals surface area contributed by atoms with Crippen molar-refractivity contribution in [1.82, 2.24) is 5.32 Å². The quantitative estimate of drug-likeness (QED) is 0.831. The molecule has 0 aliphatic carbocycles. The molecule has 1 atom stereocenters. The zero-order valence-corrected chi connectivity index (χ0v) is 10.1. The molecule has 2 nitrogen and oxygen atoms in total. The second kappa shape index (κ2) is 5.64. The molecular weight excluding hydrogens is 206 g/mol. The number of nitrogens with one attached hydrogen (secondary N) is 1. The zero-order chi connectivity index (χ0) is 10.5. The van der Waals surface area contributed by atoms with E-state index < -0.39 is 0 Å². The Hall–Kier alpha value is -0.380. The van der Waals surface area contributed by atoms with E-state index in [0.29, 0.717) is 6.10 Å². The molecule has 84 valence electrons. The Labute approximate surface area is 95.6 Å². The van der Waals surface area contributed by atoms with Gasteiger partial charge in [-0.05, 0) is 36.3 Å². The van der Waals surface area contributed by atoms with Crippen LogP contribution in [0.3, 0.4) is 0 Å². The first-order valence-electron chi connectivity index (χ1n) is 5.77. The van der Waals surface area contributed by atoms with Crippen molar-refractivity contribution in [2.75, 3.05) is 13.2 Å². The van der Waals surface area contributed by atoms with Gasteiger partial charge in [0, 0.05) is 24.6 Å². The van der Waals surface area contributed by atoms with Crippen LogP contribution in [0.1, 0.15) is 30.2 Å². The Morgan fingerprint density at radius 1 is 1.60 bits per heavy atom. The summed E-state index contributed by atoms with van der Waals surface area (Å²) in [4.78, 5) is 1.48. The molecule has 1 aromatic rings. The van der Waals surface area contributed by atoms with Crippen LogP contribution in [0.4, 0.5) is 0 Å². The summed E-state index contributed by atoms with van der Waals surface area (Å²) >= 11 is 1.85. The van der Waals surface area contributed by atoms with Gasteiger partial charge in [0.25, 0.3) is 0 Å². The van der Waals surface area contributed by atoms with Gasteiger partial charge in [-0.15, -0.1) is 11.3 Å². The van der Waals surface area contributed by atoms with Crippen molar-refractivity contribution in [3.63, 3.8) is 0 Å². The summed E-state index contributed by atoms with van der Waals surface area (Å²) in [7, 11) is 0. The van der Waals surface area contributed by atoms with E-state index in [1.807, 2.05) is 11.3 Å². The van der Waals surface area contributed by atoms with E-state index in [2.05, 4.69) is 23.7 Å². The fraction of sp³-hybridized carbons (Fsp3) is 0.667. The predicted octanol–water partition coefficient (Wildman–Crippen LogP) is 2.58. The minimum Gasteiger partial charge on any atom is -0.377 e. The van der Waals surface area contributed by atoms with E-state index in [0.717, 1.165) is 26.1 Å². The van der Waals surface area contributed by atoms with Crippen molar-refractivity contribution in [3.05, 3.63) is 21.9 Å². The summed E-state index contributed by atoms with van der Waals surface area (Å²) in [5.74, 6) is 0. The first kappa shape index (κ1) is 11.1. The maximum absolute atomic E-state index is 5.57. The van der Waals surface area contributed by atoms with E-state index in [-0.39, 0.29) is 0 Å². The zero-order valence-electron chi connectivity index (χ0n) is 9.29. The van der Waals surface area contributed by atoms with Gasteiger partial charge in [0.2, 0.25) is 0 Å². The van der Waals surface area contributed by atoms with Crippen LogP contribution in [-0.4, -0.2) is 19.3 Å². The van der Waals surface area contributed by atoms with Gasteiger partial charge in [0.15, 0.2) is 0 Å². The first-order valence-corrected chi connectivity index (χ1v) is 6.65. The second-order valence-electron chi connectivity index (χ2n) is 3.99. The third-order valence-electron chi connectivity index (χ3n) is 2.90. The third-order valence-corrected chi connectivity index (χ3v) is 3.86. The fourth-order valence-corrected chi connectivity index (χ4v) is 2.93. The molecule has 0 spiro atoms. The normalized spacial score (nSPS) is 21.0. The number of hydrogen-bond donors (Lipinski definition) is 1. The van der Waals surface area contributed by atoms with Gasteiger partial charge in [-0.1, -0.05) is 6.92 Å². The maximum atomic E-state index is 5.57. The van der Waals surface area contributed by atoms with Crippen LogP contribution < -0.4 is 5.32 Å². The van der Waals surface area contributed by atoms with Gasteiger partial charge >= 0.3 is 0 Å². The largest absolute Gasteiger partial charge is 0.377 e. The molecule has 1 unspecified atom stereocenters. The van der Waals surface area contributed by atoms with Crippen molar-refractivity contribution >= 4 is 11.3 Å². The Balaban J connectivity index is 1.73. The molecule has 2 heterocycles.